The molecule has 4 aliphatic rings. The van der Waals surface area contributed by atoms with Gasteiger partial charge in [-0.2, -0.15) is 5.06 Å². The number of amides is 2. The Morgan fingerprint density at radius 1 is 1.00 bits per heavy atom. The van der Waals surface area contributed by atoms with E-state index in [1.54, 1.807) is 19.1 Å². The summed E-state index contributed by atoms with van der Waals surface area (Å²) < 4.78 is 6.14. The lowest BCUT2D eigenvalue weighted by atomic mass is 9.45. The number of aliphatic hydroxyl groups excluding tert-OH is 2. The molecule has 13 heteroatoms. The van der Waals surface area contributed by atoms with Crippen molar-refractivity contribution in [2.75, 3.05) is 67.4 Å². The molecule has 0 aromatic heterocycles. The number of aliphatic imine (C=N–C) groups is 1. The monoisotopic (exact) mass is 840 g/mol. The summed E-state index contributed by atoms with van der Waals surface area (Å²) in [5.41, 5.74) is 4.96. The van der Waals surface area contributed by atoms with Gasteiger partial charge in [-0.1, -0.05) is 69.3 Å². The quantitative estimate of drug-likeness (QED) is 0.123. The summed E-state index contributed by atoms with van der Waals surface area (Å²) in [5.74, 6) is 1.70. The standard InChI is InChI=1S/C48H69N7O6/c1-29-39-24-35(48(39,3)4)25-40(29)51-46(59)43-42(30(2)57)41(28-56)61-55(43)27-32-18-15-19-38(44(32)60-11)33-21-34(23-37(22-33)52(5)6)45(58)50-36(20-31-16-13-12-14-17-31)26-49-47(53(7)8)54(9)10/h12-19,21-23,29-30,35-36,39-43,56-57H,20,24-28H2,1-11H3,(H,50,58)(H,51,59)/t29-,30-,35-,36-,39+,40-,41-,42+,43-/m0/s1. The molecule has 332 valence electrons. The molecule has 0 radical (unpaired) electrons. The van der Waals surface area contributed by atoms with E-state index < -0.39 is 24.2 Å². The first-order valence-corrected chi connectivity index (χ1v) is 21.7. The van der Waals surface area contributed by atoms with E-state index in [1.807, 2.05) is 112 Å². The number of guanidine groups is 1. The number of carbonyl (C=O) groups is 2. The fourth-order valence-electron chi connectivity index (χ4n) is 10.2. The van der Waals surface area contributed by atoms with E-state index >= 15 is 0 Å². The molecule has 3 aromatic rings. The molecule has 3 aromatic carbocycles. The Morgan fingerprint density at radius 3 is 2.30 bits per heavy atom. The number of methoxy groups -OCH3 is 1. The lowest BCUT2D eigenvalue weighted by Gasteiger charge is -2.62. The number of nitrogens with one attached hydrogen (secondary N) is 2. The Labute approximate surface area is 363 Å². The largest absolute Gasteiger partial charge is 0.496 e. The molecular formula is C48H69N7O6. The van der Waals surface area contributed by atoms with Crippen LogP contribution in [-0.2, 0) is 22.6 Å². The van der Waals surface area contributed by atoms with E-state index in [4.69, 9.17) is 14.6 Å². The van der Waals surface area contributed by atoms with Gasteiger partial charge in [0.2, 0.25) is 5.91 Å². The first kappa shape index (κ1) is 45.8. The van der Waals surface area contributed by atoms with Crippen LogP contribution in [0, 0.1) is 29.1 Å². The average molecular weight is 840 g/mol. The highest BCUT2D eigenvalue weighted by Crippen LogP contribution is 2.61. The zero-order chi connectivity index (χ0) is 44.3. The first-order valence-electron chi connectivity index (χ1n) is 21.7. The third kappa shape index (κ3) is 9.85. The molecule has 2 bridgehead atoms. The third-order valence-corrected chi connectivity index (χ3v) is 13.6. The van der Waals surface area contributed by atoms with Crippen molar-refractivity contribution in [1.29, 1.82) is 0 Å². The van der Waals surface area contributed by atoms with Gasteiger partial charge in [0.05, 0.1) is 39.0 Å². The number of hydrogen-bond acceptors (Lipinski definition) is 9. The maximum Gasteiger partial charge on any atom is 0.251 e. The molecule has 0 spiro atoms. The van der Waals surface area contributed by atoms with Gasteiger partial charge in [0, 0.05) is 76.6 Å². The number of hydroxylamine groups is 2. The molecule has 7 rings (SSSR count). The molecule has 61 heavy (non-hydrogen) atoms. The van der Waals surface area contributed by atoms with E-state index in [2.05, 4.69) is 43.5 Å². The van der Waals surface area contributed by atoms with Crippen LogP contribution in [0.15, 0.2) is 71.7 Å². The third-order valence-electron chi connectivity index (χ3n) is 13.6. The van der Waals surface area contributed by atoms with Gasteiger partial charge >= 0.3 is 0 Å². The average Bonchev–Trinajstić information content (AvgIpc) is 3.59. The highest BCUT2D eigenvalue weighted by atomic mass is 16.7. The predicted molar refractivity (Wildman–Crippen MR) is 241 cm³/mol. The minimum atomic E-state index is -0.914. The van der Waals surface area contributed by atoms with Crippen molar-refractivity contribution in [2.24, 2.45) is 34.1 Å². The Morgan fingerprint density at radius 2 is 1.70 bits per heavy atom. The van der Waals surface area contributed by atoms with Crippen LogP contribution in [0.25, 0.3) is 11.1 Å². The van der Waals surface area contributed by atoms with Crippen molar-refractivity contribution >= 4 is 23.5 Å². The van der Waals surface area contributed by atoms with E-state index in [1.165, 1.54) is 6.42 Å². The van der Waals surface area contributed by atoms with Crippen LogP contribution in [0.3, 0.4) is 0 Å². The van der Waals surface area contributed by atoms with Gasteiger partial charge in [0.1, 0.15) is 17.9 Å². The van der Waals surface area contributed by atoms with Gasteiger partial charge in [-0.05, 0) is 78.7 Å². The molecule has 1 saturated heterocycles. The molecule has 1 aliphatic heterocycles. The van der Waals surface area contributed by atoms with Crippen LogP contribution in [0.5, 0.6) is 5.75 Å². The highest BCUT2D eigenvalue weighted by Gasteiger charge is 2.57. The second-order valence-corrected chi connectivity index (χ2v) is 18.7. The fourth-order valence-corrected chi connectivity index (χ4v) is 10.2. The van der Waals surface area contributed by atoms with Gasteiger partial charge in [0.25, 0.3) is 5.91 Å². The van der Waals surface area contributed by atoms with Crippen molar-refractivity contribution in [3.05, 3.63) is 83.4 Å². The topological polar surface area (TPSA) is 142 Å². The van der Waals surface area contributed by atoms with Gasteiger partial charge in [-0.15, -0.1) is 0 Å². The van der Waals surface area contributed by atoms with Gasteiger partial charge in [0.15, 0.2) is 5.96 Å². The maximum atomic E-state index is 14.4. The Kier molecular flexibility index (Phi) is 14.4. The molecule has 13 nitrogen and oxygen atoms in total. The summed E-state index contributed by atoms with van der Waals surface area (Å²) in [7, 11) is 13.3. The first-order chi connectivity index (χ1) is 28.9. The number of rotatable bonds is 15. The Balaban J connectivity index is 1.29. The zero-order valence-corrected chi connectivity index (χ0v) is 38.1. The fraction of sp³-hybridized carbons (Fsp3) is 0.562. The number of para-hydroxylation sites is 1. The molecule has 4 N–H and O–H groups in total. The van der Waals surface area contributed by atoms with Crippen molar-refractivity contribution in [1.82, 2.24) is 25.5 Å². The van der Waals surface area contributed by atoms with E-state index in [-0.39, 0.29) is 42.5 Å². The summed E-state index contributed by atoms with van der Waals surface area (Å²) in [6.45, 7) is 8.74. The van der Waals surface area contributed by atoms with E-state index in [0.29, 0.717) is 42.0 Å². The molecule has 9 atom stereocenters. The number of aliphatic hydroxyl groups is 2. The van der Waals surface area contributed by atoms with Crippen molar-refractivity contribution in [2.45, 2.75) is 83.8 Å². The maximum absolute atomic E-state index is 14.4. The summed E-state index contributed by atoms with van der Waals surface area (Å²) >= 11 is 0. The molecule has 3 aliphatic carbocycles. The van der Waals surface area contributed by atoms with Crippen molar-refractivity contribution < 1.29 is 29.4 Å². The minimum Gasteiger partial charge on any atom is -0.496 e. The second-order valence-electron chi connectivity index (χ2n) is 18.7. The van der Waals surface area contributed by atoms with Crippen molar-refractivity contribution in [3.8, 4) is 16.9 Å². The minimum absolute atomic E-state index is 0.0251. The van der Waals surface area contributed by atoms with Gasteiger partial charge < -0.3 is 40.3 Å². The summed E-state index contributed by atoms with van der Waals surface area (Å²) in [4.78, 5) is 45.8. The Bertz CT molecular complexity index is 2010. The van der Waals surface area contributed by atoms with Crippen LogP contribution in [0.2, 0.25) is 0 Å². The number of fused-ring (bicyclic) bond motifs is 2. The normalized spacial score (nSPS) is 25.1. The highest BCUT2D eigenvalue weighted by molar-refractivity contribution is 5.97. The molecule has 2 amide bonds. The SMILES string of the molecule is COc1c(CN2O[C@@H](CO)[C@@H]([C@H](C)O)[C@H]2C(=O)N[C@H]2C[C@@H]3C[C@H]([C@@H]2C)C3(C)C)cccc1-c1cc(C(=O)N[C@H](CN=C(N(C)C)N(C)C)Cc2ccccc2)cc(N(C)C)c1. The zero-order valence-electron chi connectivity index (χ0n) is 38.1. The van der Waals surface area contributed by atoms with E-state index in [0.717, 1.165) is 40.3 Å². The number of hydrogen-bond donors (Lipinski definition) is 4. The van der Waals surface area contributed by atoms with Gasteiger partial charge in [-0.25, -0.2) is 0 Å². The number of nitrogens with zero attached hydrogens (tertiary/aromatic N) is 5. The van der Waals surface area contributed by atoms with Crippen LogP contribution < -0.4 is 20.3 Å². The number of ether oxygens (including phenoxy) is 1. The second kappa shape index (κ2) is 19.1. The van der Waals surface area contributed by atoms with E-state index in [9.17, 15) is 19.8 Å². The molecule has 0 unspecified atom stereocenters. The smallest absolute Gasteiger partial charge is 0.251 e. The van der Waals surface area contributed by atoms with Crippen LogP contribution >= 0.6 is 0 Å². The van der Waals surface area contributed by atoms with Crippen LogP contribution in [-0.4, -0.2) is 136 Å². The number of carbonyl (C=O) groups excluding carboxylic acids is 2. The summed E-state index contributed by atoms with van der Waals surface area (Å²) in [6.07, 6.45) is 1.03. The summed E-state index contributed by atoms with van der Waals surface area (Å²) in [5, 5.41) is 29.7. The Hall–Kier alpha value is -4.69. The lowest BCUT2D eigenvalue weighted by molar-refractivity contribution is -0.183. The van der Waals surface area contributed by atoms with Crippen molar-refractivity contribution in [3.63, 3.8) is 0 Å². The predicted octanol–water partition coefficient (Wildman–Crippen LogP) is 4.91. The van der Waals surface area contributed by atoms with Crippen LogP contribution in [0.1, 0.15) is 62.0 Å². The number of benzene rings is 3. The molecule has 3 saturated carbocycles. The van der Waals surface area contributed by atoms with Crippen LogP contribution in [0.4, 0.5) is 5.69 Å². The van der Waals surface area contributed by atoms with Gasteiger partial charge in [-0.3, -0.25) is 19.4 Å². The molecule has 1 heterocycles. The lowest BCUT2D eigenvalue weighted by Crippen LogP contribution is -2.62. The molecular weight excluding hydrogens is 771 g/mol. The summed E-state index contributed by atoms with van der Waals surface area (Å²) in [6, 6.07) is 20.6. The number of anilines is 1. The molecule has 4 fully saturated rings.